The summed E-state index contributed by atoms with van der Waals surface area (Å²) in [6.45, 7) is 4.29. The maximum absolute atomic E-state index is 4.46. The first kappa shape index (κ1) is 9.97. The number of hydrogen-bond acceptors (Lipinski definition) is 1. The second kappa shape index (κ2) is 5.52. The van der Waals surface area contributed by atoms with E-state index < -0.39 is 0 Å². The molecule has 0 amide bonds. The Balaban J connectivity index is 2.53. The van der Waals surface area contributed by atoms with Gasteiger partial charge in [0.2, 0.25) is 0 Å². The van der Waals surface area contributed by atoms with Crippen molar-refractivity contribution in [2.75, 3.05) is 0 Å². The van der Waals surface area contributed by atoms with Gasteiger partial charge in [0.15, 0.2) is 0 Å². The number of unbranched alkanes of at least 4 members (excludes halogenated alkanes) is 1. The lowest BCUT2D eigenvalue weighted by molar-refractivity contribution is 0.817. The number of nitrogens with zero attached hydrogens (tertiary/aromatic N) is 1. The maximum Gasteiger partial charge on any atom is 0.0716 e. The minimum Gasteiger partial charge on any atom is -0.290 e. The zero-order valence-electron chi connectivity index (χ0n) is 8.40. The summed E-state index contributed by atoms with van der Waals surface area (Å²) in [7, 11) is 0. The third-order valence-corrected chi connectivity index (χ3v) is 2.03. The van der Waals surface area contributed by atoms with Crippen LogP contribution in [0.3, 0.4) is 0 Å². The monoisotopic (exact) mass is 175 g/mol. The van der Waals surface area contributed by atoms with Crippen molar-refractivity contribution in [1.82, 2.24) is 0 Å². The molecule has 70 valence electrons. The molecule has 0 fully saturated rings. The van der Waals surface area contributed by atoms with Gasteiger partial charge in [-0.25, -0.2) is 0 Å². The van der Waals surface area contributed by atoms with Crippen LogP contribution in [0, 0.1) is 0 Å². The van der Waals surface area contributed by atoms with Crippen molar-refractivity contribution in [1.29, 1.82) is 0 Å². The lowest BCUT2D eigenvalue weighted by atomic mass is 10.1. The van der Waals surface area contributed by atoms with Crippen LogP contribution in [0.25, 0.3) is 0 Å². The molecule has 1 nitrogen and oxygen atoms in total. The Hall–Kier alpha value is -1.11. The van der Waals surface area contributed by atoms with Crippen LogP contribution in [0.1, 0.15) is 38.3 Å². The van der Waals surface area contributed by atoms with Gasteiger partial charge in [-0.3, -0.25) is 4.99 Å². The maximum atomic E-state index is 4.46. The normalized spacial score (nSPS) is 13.4. The molecule has 13 heavy (non-hydrogen) atoms. The molecule has 0 aliphatic rings. The van der Waals surface area contributed by atoms with Crippen LogP contribution in [0.4, 0.5) is 0 Å². The Bertz CT molecular complexity index is 251. The molecule has 0 saturated heterocycles. The Kier molecular flexibility index (Phi) is 4.24. The van der Waals surface area contributed by atoms with Crippen LogP contribution in [0.5, 0.6) is 0 Å². The Labute approximate surface area is 80.5 Å². The van der Waals surface area contributed by atoms with E-state index in [9.17, 15) is 0 Å². The molecule has 0 bridgehead atoms. The zero-order valence-corrected chi connectivity index (χ0v) is 8.40. The third kappa shape index (κ3) is 3.41. The highest BCUT2D eigenvalue weighted by atomic mass is 14.7. The molecule has 1 rings (SSSR count). The molecule has 1 unspecified atom stereocenters. The van der Waals surface area contributed by atoms with Gasteiger partial charge in [-0.1, -0.05) is 43.7 Å². The lowest BCUT2D eigenvalue weighted by Gasteiger charge is -2.04. The van der Waals surface area contributed by atoms with Gasteiger partial charge in [0.05, 0.1) is 6.04 Å². The van der Waals surface area contributed by atoms with Gasteiger partial charge in [0.25, 0.3) is 0 Å². The summed E-state index contributed by atoms with van der Waals surface area (Å²) >= 11 is 0. The van der Waals surface area contributed by atoms with E-state index in [2.05, 4.69) is 43.1 Å². The first-order chi connectivity index (χ1) is 6.34. The van der Waals surface area contributed by atoms with Crippen molar-refractivity contribution in [3.8, 4) is 0 Å². The van der Waals surface area contributed by atoms with Crippen LogP contribution in [-0.2, 0) is 0 Å². The van der Waals surface area contributed by atoms with Gasteiger partial charge in [-0.2, -0.15) is 0 Å². The van der Waals surface area contributed by atoms with Crippen molar-refractivity contribution in [2.24, 2.45) is 4.99 Å². The largest absolute Gasteiger partial charge is 0.290 e. The van der Waals surface area contributed by atoms with Crippen LogP contribution >= 0.6 is 0 Å². The summed E-state index contributed by atoms with van der Waals surface area (Å²) in [5.41, 5.74) is 1.29. The predicted octanol–water partition coefficient (Wildman–Crippen LogP) is 3.62. The predicted molar refractivity (Wildman–Crippen MR) is 58.3 cm³/mol. The Morgan fingerprint density at radius 1 is 1.31 bits per heavy atom. The van der Waals surface area contributed by atoms with Gasteiger partial charge in [-0.05, 0) is 25.1 Å². The summed E-state index contributed by atoms with van der Waals surface area (Å²) in [5, 5.41) is 0. The van der Waals surface area contributed by atoms with Crippen molar-refractivity contribution in [3.63, 3.8) is 0 Å². The highest BCUT2D eigenvalue weighted by molar-refractivity contribution is 5.57. The van der Waals surface area contributed by atoms with Gasteiger partial charge in [0.1, 0.15) is 0 Å². The van der Waals surface area contributed by atoms with Crippen LogP contribution in [0.15, 0.2) is 35.3 Å². The highest BCUT2D eigenvalue weighted by Gasteiger charge is 1.98. The third-order valence-electron chi connectivity index (χ3n) is 2.03. The molecular formula is C12H17N. The van der Waals surface area contributed by atoms with Crippen molar-refractivity contribution < 1.29 is 0 Å². The first-order valence-corrected chi connectivity index (χ1v) is 4.91. The summed E-state index contributed by atoms with van der Waals surface area (Å²) in [6, 6.07) is 10.7. The van der Waals surface area contributed by atoms with Crippen molar-refractivity contribution in [3.05, 3.63) is 35.9 Å². The minimum absolute atomic E-state index is 0.299. The van der Waals surface area contributed by atoms with E-state index in [1.165, 1.54) is 12.0 Å². The molecule has 0 aromatic heterocycles. The first-order valence-electron chi connectivity index (χ1n) is 4.91. The summed E-state index contributed by atoms with van der Waals surface area (Å²) in [6.07, 6.45) is 4.28. The smallest absolute Gasteiger partial charge is 0.0716 e. The number of aliphatic imine (C=N–C) groups is 1. The molecule has 1 aromatic carbocycles. The van der Waals surface area contributed by atoms with E-state index in [4.69, 9.17) is 0 Å². The van der Waals surface area contributed by atoms with Crippen molar-refractivity contribution in [2.45, 2.75) is 32.7 Å². The molecule has 0 N–H and O–H groups in total. The lowest BCUT2D eigenvalue weighted by Crippen LogP contribution is -1.89. The van der Waals surface area contributed by atoms with Gasteiger partial charge >= 0.3 is 0 Å². The molecular weight excluding hydrogens is 158 g/mol. The molecule has 0 heterocycles. The van der Waals surface area contributed by atoms with E-state index >= 15 is 0 Å². The van der Waals surface area contributed by atoms with Crippen LogP contribution < -0.4 is 0 Å². The average Bonchev–Trinajstić information content (AvgIpc) is 2.19. The Morgan fingerprint density at radius 3 is 2.62 bits per heavy atom. The minimum atomic E-state index is 0.299. The molecule has 1 aromatic rings. The molecule has 1 atom stereocenters. The molecule has 0 aliphatic heterocycles. The topological polar surface area (TPSA) is 12.4 Å². The Morgan fingerprint density at radius 2 is 2.00 bits per heavy atom. The van der Waals surface area contributed by atoms with Crippen LogP contribution in [0.2, 0.25) is 0 Å². The van der Waals surface area contributed by atoms with E-state index in [0.717, 1.165) is 6.42 Å². The van der Waals surface area contributed by atoms with E-state index in [-0.39, 0.29) is 0 Å². The summed E-state index contributed by atoms with van der Waals surface area (Å²) < 4.78 is 0. The van der Waals surface area contributed by atoms with Gasteiger partial charge < -0.3 is 0 Å². The average molecular weight is 175 g/mol. The van der Waals surface area contributed by atoms with E-state index in [1.807, 2.05) is 12.3 Å². The molecule has 0 aliphatic carbocycles. The standard InChI is InChI=1S/C12H17N/c1-3-4-10-13-11(2)12-8-6-5-7-9-12/h5-11H,3-4H2,1-2H3. The summed E-state index contributed by atoms with van der Waals surface area (Å²) in [5.74, 6) is 0. The number of rotatable bonds is 4. The number of hydrogen-bond donors (Lipinski definition) is 0. The summed E-state index contributed by atoms with van der Waals surface area (Å²) in [4.78, 5) is 4.46. The number of benzene rings is 1. The second-order valence-electron chi connectivity index (χ2n) is 3.21. The highest BCUT2D eigenvalue weighted by Crippen LogP contribution is 2.14. The molecule has 0 spiro atoms. The molecule has 0 saturated carbocycles. The molecule has 1 heteroatoms. The quantitative estimate of drug-likeness (QED) is 0.620. The van der Waals surface area contributed by atoms with Gasteiger partial charge in [-0.15, -0.1) is 0 Å². The zero-order chi connectivity index (χ0) is 9.52. The second-order valence-corrected chi connectivity index (χ2v) is 3.21. The molecule has 0 radical (unpaired) electrons. The van der Waals surface area contributed by atoms with Gasteiger partial charge in [0, 0.05) is 0 Å². The van der Waals surface area contributed by atoms with Crippen LogP contribution in [-0.4, -0.2) is 6.21 Å². The van der Waals surface area contributed by atoms with Crippen molar-refractivity contribution >= 4 is 6.21 Å². The van der Waals surface area contributed by atoms with E-state index in [0.29, 0.717) is 6.04 Å². The fourth-order valence-corrected chi connectivity index (χ4v) is 1.18. The fraction of sp³-hybridized carbons (Fsp3) is 0.417. The fourth-order valence-electron chi connectivity index (χ4n) is 1.18. The SMILES string of the molecule is CCCC=NC(C)c1ccccc1. The van der Waals surface area contributed by atoms with E-state index in [1.54, 1.807) is 0 Å².